The minimum Gasteiger partial charge on any atom is -0.464 e. The van der Waals surface area contributed by atoms with E-state index in [0.717, 1.165) is 8.66 Å². The summed E-state index contributed by atoms with van der Waals surface area (Å²) in [6, 6.07) is 2.68. The first-order valence-corrected chi connectivity index (χ1v) is 7.09. The summed E-state index contributed by atoms with van der Waals surface area (Å²) in [5.41, 5.74) is 5.44. The van der Waals surface area contributed by atoms with E-state index >= 15 is 0 Å². The van der Waals surface area contributed by atoms with Crippen molar-refractivity contribution in [2.75, 3.05) is 13.2 Å². The van der Waals surface area contributed by atoms with Gasteiger partial charge < -0.3 is 15.8 Å². The molecule has 18 heavy (non-hydrogen) atoms. The number of esters is 1. The molecule has 1 atom stereocenters. The molecule has 1 rings (SSSR count). The first kappa shape index (κ1) is 15.1. The zero-order chi connectivity index (χ0) is 13.5. The largest absolute Gasteiger partial charge is 0.464 e. The monoisotopic (exact) mass is 334 g/mol. The van der Waals surface area contributed by atoms with Gasteiger partial charge in [-0.1, -0.05) is 0 Å². The van der Waals surface area contributed by atoms with Crippen LogP contribution in [0.25, 0.3) is 0 Å². The van der Waals surface area contributed by atoms with Crippen LogP contribution < -0.4 is 11.1 Å². The molecule has 0 radical (unpaired) electrons. The number of hydrogen-bond acceptors (Lipinski definition) is 5. The lowest BCUT2D eigenvalue weighted by molar-refractivity contribution is -0.147. The smallest absolute Gasteiger partial charge is 0.332 e. The van der Waals surface area contributed by atoms with Crippen molar-refractivity contribution < 1.29 is 14.3 Å². The number of thiophene rings is 1. The molecule has 0 spiro atoms. The summed E-state index contributed by atoms with van der Waals surface area (Å²) >= 11 is 4.97. The van der Waals surface area contributed by atoms with Gasteiger partial charge in [0.05, 0.1) is 10.4 Å². The second kappa shape index (κ2) is 7.50. The highest BCUT2D eigenvalue weighted by molar-refractivity contribution is 9.11. The van der Waals surface area contributed by atoms with Crippen LogP contribution in [0.2, 0.25) is 0 Å². The predicted octanol–water partition coefficient (Wildman–Crippen LogP) is 1.06. The summed E-state index contributed by atoms with van der Waals surface area (Å²) in [5, 5.41) is 2.61. The lowest BCUT2D eigenvalue weighted by Gasteiger charge is -2.10. The highest BCUT2D eigenvalue weighted by atomic mass is 79.9. The first-order chi connectivity index (χ1) is 8.54. The standard InChI is InChI=1S/C11H15BrN2O3S/c1-2-17-11(16)9(13)10(15)14-6-5-7-3-4-8(12)18-7/h3-4,9H,2,5-6,13H2,1H3,(H,14,15). The zero-order valence-corrected chi connectivity index (χ0v) is 12.3. The summed E-state index contributed by atoms with van der Waals surface area (Å²) in [6.45, 7) is 2.32. The van der Waals surface area contributed by atoms with Crippen LogP contribution in [0.3, 0.4) is 0 Å². The fraction of sp³-hybridized carbons (Fsp3) is 0.455. The van der Waals surface area contributed by atoms with Crippen molar-refractivity contribution in [3.05, 3.63) is 20.8 Å². The average molecular weight is 335 g/mol. The Kier molecular flexibility index (Phi) is 6.31. The van der Waals surface area contributed by atoms with E-state index in [0.29, 0.717) is 13.0 Å². The molecule has 7 heteroatoms. The number of ether oxygens (including phenoxy) is 1. The Balaban J connectivity index is 2.30. The third kappa shape index (κ3) is 4.75. The maximum Gasteiger partial charge on any atom is 0.332 e. The molecular formula is C11H15BrN2O3S. The van der Waals surface area contributed by atoms with Gasteiger partial charge in [0.2, 0.25) is 5.91 Å². The van der Waals surface area contributed by atoms with Crippen molar-refractivity contribution in [3.63, 3.8) is 0 Å². The zero-order valence-electron chi connectivity index (χ0n) is 9.94. The third-order valence-corrected chi connectivity index (χ3v) is 3.81. The maximum absolute atomic E-state index is 11.5. The van der Waals surface area contributed by atoms with Crippen LogP contribution in [0.5, 0.6) is 0 Å². The molecule has 1 heterocycles. The van der Waals surface area contributed by atoms with Crippen LogP contribution in [0, 0.1) is 0 Å². The van der Waals surface area contributed by atoms with Gasteiger partial charge in [0, 0.05) is 11.4 Å². The fourth-order valence-electron chi connectivity index (χ4n) is 1.24. The fourth-order valence-corrected chi connectivity index (χ4v) is 2.73. The van der Waals surface area contributed by atoms with Gasteiger partial charge in [0.15, 0.2) is 6.04 Å². The lowest BCUT2D eigenvalue weighted by Crippen LogP contribution is -2.47. The molecule has 1 aromatic heterocycles. The second-order valence-corrected chi connectivity index (χ2v) is 6.02. The van der Waals surface area contributed by atoms with Crippen molar-refractivity contribution >= 4 is 39.1 Å². The van der Waals surface area contributed by atoms with Gasteiger partial charge in [-0.05, 0) is 41.4 Å². The van der Waals surface area contributed by atoms with Crippen molar-refractivity contribution in [2.24, 2.45) is 5.73 Å². The molecule has 0 aliphatic rings. The van der Waals surface area contributed by atoms with Crippen LogP contribution >= 0.6 is 27.3 Å². The summed E-state index contributed by atoms with van der Waals surface area (Å²) < 4.78 is 5.71. The van der Waals surface area contributed by atoms with Crippen LogP contribution in [0.15, 0.2) is 15.9 Å². The molecule has 0 bridgehead atoms. The Bertz CT molecular complexity index is 422. The van der Waals surface area contributed by atoms with E-state index in [1.165, 1.54) is 0 Å². The van der Waals surface area contributed by atoms with Crippen LogP contribution in [0.4, 0.5) is 0 Å². The van der Waals surface area contributed by atoms with Gasteiger partial charge in [0.1, 0.15) is 0 Å². The van der Waals surface area contributed by atoms with Crippen molar-refractivity contribution in [1.82, 2.24) is 5.32 Å². The van der Waals surface area contributed by atoms with E-state index in [2.05, 4.69) is 26.0 Å². The number of nitrogens with two attached hydrogens (primary N) is 1. The molecule has 0 fully saturated rings. The Labute approximate surface area is 118 Å². The molecule has 1 amide bonds. The highest BCUT2D eigenvalue weighted by Gasteiger charge is 2.22. The van der Waals surface area contributed by atoms with Crippen LogP contribution in [-0.2, 0) is 20.7 Å². The van der Waals surface area contributed by atoms with Crippen molar-refractivity contribution in [1.29, 1.82) is 0 Å². The third-order valence-electron chi connectivity index (χ3n) is 2.12. The van der Waals surface area contributed by atoms with Crippen molar-refractivity contribution in [2.45, 2.75) is 19.4 Å². The van der Waals surface area contributed by atoms with Crippen LogP contribution in [0.1, 0.15) is 11.8 Å². The van der Waals surface area contributed by atoms with E-state index in [1.54, 1.807) is 18.3 Å². The first-order valence-electron chi connectivity index (χ1n) is 5.48. The van der Waals surface area contributed by atoms with Crippen LogP contribution in [-0.4, -0.2) is 31.1 Å². The molecule has 100 valence electrons. The number of hydrogen-bond donors (Lipinski definition) is 2. The minimum absolute atomic E-state index is 0.211. The maximum atomic E-state index is 11.5. The normalized spacial score (nSPS) is 11.9. The molecule has 3 N–H and O–H groups in total. The number of amides is 1. The van der Waals surface area contributed by atoms with Gasteiger partial charge in [-0.2, -0.15) is 0 Å². The molecule has 0 aliphatic carbocycles. The molecular weight excluding hydrogens is 320 g/mol. The van der Waals surface area contributed by atoms with E-state index in [9.17, 15) is 9.59 Å². The quantitative estimate of drug-likeness (QED) is 0.602. The van der Waals surface area contributed by atoms with Gasteiger partial charge in [-0.25, -0.2) is 4.79 Å². The second-order valence-electron chi connectivity index (χ2n) is 3.48. The number of carbonyl (C=O) groups excluding carboxylic acids is 2. The minimum atomic E-state index is -1.25. The SMILES string of the molecule is CCOC(=O)C(N)C(=O)NCCc1ccc(Br)s1. The molecule has 0 saturated heterocycles. The number of carbonyl (C=O) groups is 2. The Morgan fingerprint density at radius 1 is 1.56 bits per heavy atom. The molecule has 0 aromatic carbocycles. The Hall–Kier alpha value is -0.920. The molecule has 0 saturated carbocycles. The molecule has 0 aliphatic heterocycles. The molecule has 1 aromatic rings. The van der Waals surface area contributed by atoms with E-state index in [4.69, 9.17) is 5.73 Å². The Morgan fingerprint density at radius 3 is 2.83 bits per heavy atom. The predicted molar refractivity (Wildman–Crippen MR) is 73.3 cm³/mol. The number of rotatable bonds is 6. The molecule has 5 nitrogen and oxygen atoms in total. The van der Waals surface area contributed by atoms with Gasteiger partial charge in [-0.15, -0.1) is 11.3 Å². The van der Waals surface area contributed by atoms with E-state index < -0.39 is 17.9 Å². The summed E-state index contributed by atoms with van der Waals surface area (Å²) in [6.07, 6.45) is 0.706. The lowest BCUT2D eigenvalue weighted by atomic mass is 10.3. The van der Waals surface area contributed by atoms with Gasteiger partial charge in [-0.3, -0.25) is 4.79 Å². The van der Waals surface area contributed by atoms with E-state index in [1.807, 2.05) is 12.1 Å². The van der Waals surface area contributed by atoms with Crippen molar-refractivity contribution in [3.8, 4) is 0 Å². The highest BCUT2D eigenvalue weighted by Crippen LogP contribution is 2.21. The molecule has 1 unspecified atom stereocenters. The Morgan fingerprint density at radius 2 is 2.28 bits per heavy atom. The van der Waals surface area contributed by atoms with Gasteiger partial charge >= 0.3 is 5.97 Å². The average Bonchev–Trinajstić information content (AvgIpc) is 2.74. The van der Waals surface area contributed by atoms with Gasteiger partial charge in [0.25, 0.3) is 0 Å². The summed E-state index contributed by atoms with van der Waals surface area (Å²) in [4.78, 5) is 23.9. The number of nitrogens with one attached hydrogen (secondary N) is 1. The number of halogens is 1. The summed E-state index contributed by atoms with van der Waals surface area (Å²) in [5.74, 6) is -1.21. The van der Waals surface area contributed by atoms with E-state index in [-0.39, 0.29) is 6.61 Å². The topological polar surface area (TPSA) is 81.4 Å². The summed E-state index contributed by atoms with van der Waals surface area (Å²) in [7, 11) is 0.